The molecular weight excluding hydrogens is 388 g/mol. The van der Waals surface area contributed by atoms with Gasteiger partial charge in [0.15, 0.2) is 9.84 Å². The summed E-state index contributed by atoms with van der Waals surface area (Å²) in [5, 5.41) is 8.56. The van der Waals surface area contributed by atoms with E-state index in [9.17, 15) is 8.42 Å². The van der Waals surface area contributed by atoms with E-state index in [2.05, 4.69) is 26.1 Å². The van der Waals surface area contributed by atoms with Gasteiger partial charge in [0.25, 0.3) is 5.22 Å². The monoisotopic (exact) mass is 402 g/mol. The van der Waals surface area contributed by atoms with Gasteiger partial charge in [0.1, 0.15) is 0 Å². The molecule has 0 unspecified atom stereocenters. The zero-order valence-corrected chi connectivity index (χ0v) is 15.0. The quantitative estimate of drug-likeness (QED) is 0.715. The van der Waals surface area contributed by atoms with Crippen molar-refractivity contribution < 1.29 is 12.8 Å². The minimum atomic E-state index is -2.86. The highest BCUT2D eigenvalue weighted by molar-refractivity contribution is 9.10. The second-order valence-corrected chi connectivity index (χ2v) is 9.42. The fourth-order valence-electron chi connectivity index (χ4n) is 2.38. The predicted octanol–water partition coefficient (Wildman–Crippen LogP) is 3.10. The number of halogens is 1. The first-order chi connectivity index (χ1) is 10.5. The lowest BCUT2D eigenvalue weighted by Gasteiger charge is -2.02. The van der Waals surface area contributed by atoms with Crippen molar-refractivity contribution in [2.45, 2.75) is 23.8 Å². The normalized spacial score (nSPS) is 20.3. The highest BCUT2D eigenvalue weighted by Gasteiger charge is 2.29. The molecule has 22 heavy (non-hydrogen) atoms. The van der Waals surface area contributed by atoms with Crippen LogP contribution in [0.2, 0.25) is 0 Å². The first kappa shape index (κ1) is 16.0. The van der Waals surface area contributed by atoms with E-state index in [0.29, 0.717) is 24.0 Å². The van der Waals surface area contributed by atoms with Crippen molar-refractivity contribution in [2.24, 2.45) is 5.92 Å². The molecule has 8 heteroatoms. The highest BCUT2D eigenvalue weighted by atomic mass is 79.9. The molecular formula is C14H15BrN2O3S2. The number of benzene rings is 1. The number of thioether (sulfide) groups is 1. The molecule has 1 atom stereocenters. The van der Waals surface area contributed by atoms with Gasteiger partial charge in [-0.15, -0.1) is 10.2 Å². The van der Waals surface area contributed by atoms with E-state index in [4.69, 9.17) is 4.42 Å². The molecule has 1 saturated heterocycles. The molecule has 0 saturated carbocycles. The van der Waals surface area contributed by atoms with Gasteiger partial charge in [-0.25, -0.2) is 8.42 Å². The summed E-state index contributed by atoms with van der Waals surface area (Å²) < 4.78 is 29.5. The smallest absolute Gasteiger partial charge is 0.276 e. The van der Waals surface area contributed by atoms with Gasteiger partial charge in [0.2, 0.25) is 5.89 Å². The van der Waals surface area contributed by atoms with Crippen LogP contribution in [-0.2, 0) is 22.0 Å². The van der Waals surface area contributed by atoms with Crippen LogP contribution in [-0.4, -0.2) is 30.1 Å². The highest BCUT2D eigenvalue weighted by Crippen LogP contribution is 2.25. The van der Waals surface area contributed by atoms with Gasteiger partial charge in [-0.1, -0.05) is 39.8 Å². The van der Waals surface area contributed by atoms with Crippen molar-refractivity contribution in [3.8, 4) is 0 Å². The van der Waals surface area contributed by atoms with Crippen LogP contribution in [0.15, 0.2) is 38.4 Å². The second kappa shape index (κ2) is 6.72. The summed E-state index contributed by atoms with van der Waals surface area (Å²) >= 11 is 4.89. The zero-order valence-electron chi connectivity index (χ0n) is 11.7. The Kier molecular flexibility index (Phi) is 4.89. The van der Waals surface area contributed by atoms with E-state index in [0.717, 1.165) is 10.2 Å². The molecule has 1 aliphatic rings. The van der Waals surface area contributed by atoms with Crippen molar-refractivity contribution >= 4 is 37.5 Å². The summed E-state index contributed by atoms with van der Waals surface area (Å²) in [6, 6.07) is 8.07. The number of sulfone groups is 1. The third-order valence-corrected chi connectivity index (χ3v) is 6.77. The van der Waals surface area contributed by atoms with Crippen molar-refractivity contribution in [1.82, 2.24) is 10.2 Å². The molecule has 2 heterocycles. The topological polar surface area (TPSA) is 73.1 Å². The molecule has 1 aromatic carbocycles. The van der Waals surface area contributed by atoms with E-state index in [1.165, 1.54) is 17.3 Å². The van der Waals surface area contributed by atoms with Crippen molar-refractivity contribution in [1.29, 1.82) is 0 Å². The summed E-state index contributed by atoms with van der Waals surface area (Å²) in [6.45, 7) is 0. The Labute approximate surface area is 141 Å². The number of nitrogens with zero attached hydrogens (tertiary/aromatic N) is 2. The van der Waals surface area contributed by atoms with E-state index in [1.54, 1.807) is 0 Å². The third kappa shape index (κ3) is 4.33. The number of rotatable bonds is 5. The lowest BCUT2D eigenvalue weighted by Crippen LogP contribution is -2.07. The Balaban J connectivity index is 1.54. The van der Waals surface area contributed by atoms with Gasteiger partial charge in [0.05, 0.1) is 11.5 Å². The van der Waals surface area contributed by atoms with Crippen molar-refractivity contribution in [3.05, 3.63) is 40.2 Å². The first-order valence-electron chi connectivity index (χ1n) is 6.90. The zero-order chi connectivity index (χ0) is 15.6. The molecule has 0 spiro atoms. The van der Waals surface area contributed by atoms with Gasteiger partial charge in [0, 0.05) is 16.6 Å². The molecule has 118 valence electrons. The maximum atomic E-state index is 11.4. The maximum Gasteiger partial charge on any atom is 0.276 e. The van der Waals surface area contributed by atoms with Crippen LogP contribution in [0, 0.1) is 5.92 Å². The van der Waals surface area contributed by atoms with Crippen LogP contribution in [0.25, 0.3) is 0 Å². The Morgan fingerprint density at radius 1 is 1.27 bits per heavy atom. The summed E-state index contributed by atoms with van der Waals surface area (Å²) in [4.78, 5) is 0. The van der Waals surface area contributed by atoms with Gasteiger partial charge in [-0.3, -0.25) is 0 Å². The molecule has 0 aliphatic carbocycles. The second-order valence-electron chi connectivity index (χ2n) is 5.35. The van der Waals surface area contributed by atoms with Gasteiger partial charge < -0.3 is 4.42 Å². The van der Waals surface area contributed by atoms with E-state index >= 15 is 0 Å². The Bertz CT molecular complexity index is 744. The van der Waals surface area contributed by atoms with Gasteiger partial charge in [-0.2, -0.15) is 0 Å². The third-order valence-electron chi connectivity index (χ3n) is 3.51. The van der Waals surface area contributed by atoms with E-state index in [-0.39, 0.29) is 17.4 Å². The van der Waals surface area contributed by atoms with E-state index < -0.39 is 9.84 Å². The van der Waals surface area contributed by atoms with Gasteiger partial charge in [-0.05, 0) is 30.0 Å². The summed E-state index contributed by atoms with van der Waals surface area (Å²) in [7, 11) is -2.86. The molecule has 1 aromatic heterocycles. The standard InChI is InChI=1S/C14H15BrN2O3S2/c15-12-3-1-10(2-4-12)8-21-14-17-16-13(20-14)7-11-5-6-22(18,19)9-11/h1-4,11H,5-9H2/t11-/m0/s1. The first-order valence-corrected chi connectivity index (χ1v) is 10.5. The molecule has 1 fully saturated rings. The maximum absolute atomic E-state index is 11.4. The minimum Gasteiger partial charge on any atom is -0.416 e. The summed E-state index contributed by atoms with van der Waals surface area (Å²) in [6.07, 6.45) is 1.23. The fourth-order valence-corrected chi connectivity index (χ4v) is 5.25. The lowest BCUT2D eigenvalue weighted by molar-refractivity contribution is 0.389. The molecule has 2 aromatic rings. The van der Waals surface area contributed by atoms with Crippen LogP contribution in [0.3, 0.4) is 0 Å². The number of aromatic nitrogens is 2. The Morgan fingerprint density at radius 3 is 2.73 bits per heavy atom. The van der Waals surface area contributed by atoms with Crippen LogP contribution in [0.5, 0.6) is 0 Å². The van der Waals surface area contributed by atoms with Crippen LogP contribution in [0.1, 0.15) is 17.9 Å². The SMILES string of the molecule is O=S1(=O)CC[C@@H](Cc2nnc(SCc3ccc(Br)cc3)o2)C1. The average Bonchev–Trinajstić information content (AvgIpc) is 3.05. The summed E-state index contributed by atoms with van der Waals surface area (Å²) in [5.41, 5.74) is 1.18. The molecule has 1 aliphatic heterocycles. The number of hydrogen-bond donors (Lipinski definition) is 0. The fraction of sp³-hybridized carbons (Fsp3) is 0.429. The molecule has 0 radical (unpaired) electrons. The molecule has 3 rings (SSSR count). The van der Waals surface area contributed by atoms with Crippen LogP contribution < -0.4 is 0 Å². The average molecular weight is 403 g/mol. The lowest BCUT2D eigenvalue weighted by atomic mass is 10.1. The summed E-state index contributed by atoms with van der Waals surface area (Å²) in [5.74, 6) is 1.90. The molecule has 0 N–H and O–H groups in total. The van der Waals surface area contributed by atoms with E-state index in [1.807, 2.05) is 24.3 Å². The Morgan fingerprint density at radius 2 is 2.05 bits per heavy atom. The van der Waals surface area contributed by atoms with Crippen LogP contribution in [0.4, 0.5) is 0 Å². The molecule has 5 nitrogen and oxygen atoms in total. The number of hydrogen-bond acceptors (Lipinski definition) is 6. The van der Waals surface area contributed by atoms with Crippen LogP contribution >= 0.6 is 27.7 Å². The minimum absolute atomic E-state index is 0.106. The van der Waals surface area contributed by atoms with Gasteiger partial charge >= 0.3 is 0 Å². The van der Waals surface area contributed by atoms with Crippen molar-refractivity contribution in [2.75, 3.05) is 11.5 Å². The molecule has 0 bridgehead atoms. The Hall–Kier alpha value is -0.860. The largest absolute Gasteiger partial charge is 0.416 e. The molecule has 0 amide bonds. The predicted molar refractivity (Wildman–Crippen MR) is 88.5 cm³/mol. The van der Waals surface area contributed by atoms with Crippen molar-refractivity contribution in [3.63, 3.8) is 0 Å².